The van der Waals surface area contributed by atoms with E-state index in [1.54, 1.807) is 0 Å². The quantitative estimate of drug-likeness (QED) is 0.614. The molecule has 0 aromatic heterocycles. The summed E-state index contributed by atoms with van der Waals surface area (Å²) < 4.78 is 11.7. The third kappa shape index (κ3) is 2.19. The second-order valence-corrected chi connectivity index (χ2v) is 9.13. The van der Waals surface area contributed by atoms with Gasteiger partial charge in [0.1, 0.15) is 12.2 Å². The van der Waals surface area contributed by atoms with Crippen molar-refractivity contribution in [3.05, 3.63) is 11.1 Å². The average Bonchev–Trinajstić information content (AvgIpc) is 3.21. The smallest absolute Gasteiger partial charge is 0.117 e. The van der Waals surface area contributed by atoms with E-state index in [1.807, 2.05) is 6.92 Å². The minimum Gasteiger partial charge on any atom is -0.389 e. The molecule has 0 radical (unpaired) electrons. The van der Waals surface area contributed by atoms with Crippen LogP contribution in [0.5, 0.6) is 0 Å². The molecule has 2 heterocycles. The van der Waals surface area contributed by atoms with Gasteiger partial charge in [0.05, 0.1) is 23.9 Å². The molecule has 4 rings (SSSR count). The third-order valence-electron chi connectivity index (χ3n) is 7.71. The maximum atomic E-state index is 11.2. The highest BCUT2D eigenvalue weighted by Crippen LogP contribution is 2.58. The van der Waals surface area contributed by atoms with Crippen molar-refractivity contribution in [1.82, 2.24) is 0 Å². The van der Waals surface area contributed by atoms with Crippen molar-refractivity contribution in [3.63, 3.8) is 0 Å². The molecule has 4 heteroatoms. The van der Waals surface area contributed by atoms with E-state index in [2.05, 4.69) is 20.8 Å². The summed E-state index contributed by atoms with van der Waals surface area (Å²) in [6.45, 7) is 9.18. The highest BCUT2D eigenvalue weighted by atomic mass is 16.6. The molecular formula is C20H32O4. The van der Waals surface area contributed by atoms with Gasteiger partial charge in [-0.25, -0.2) is 0 Å². The Hall–Kier alpha value is -0.420. The van der Waals surface area contributed by atoms with E-state index in [0.717, 1.165) is 44.3 Å². The van der Waals surface area contributed by atoms with Gasteiger partial charge in [0, 0.05) is 11.3 Å². The first-order valence-electron chi connectivity index (χ1n) is 9.64. The molecule has 136 valence electrons. The fraction of sp³-hybridized carbons (Fsp3) is 0.900. The normalized spacial score (nSPS) is 48.0. The maximum Gasteiger partial charge on any atom is 0.117 e. The molecule has 4 nitrogen and oxygen atoms in total. The van der Waals surface area contributed by atoms with Crippen LogP contribution in [0.25, 0.3) is 0 Å². The molecule has 2 aliphatic carbocycles. The SMILES string of the molecule is CC[C@]1(O)CCC(C)=C([C@@H](O)[C@H]2O[C@]23CC[C@H]2OC[C@H]2C3)C1(C)C. The van der Waals surface area contributed by atoms with Crippen molar-refractivity contribution in [2.75, 3.05) is 6.61 Å². The van der Waals surface area contributed by atoms with Gasteiger partial charge < -0.3 is 19.7 Å². The van der Waals surface area contributed by atoms with Gasteiger partial charge in [-0.1, -0.05) is 26.3 Å². The Bertz CT molecular complexity index is 568. The Balaban J connectivity index is 1.57. The minimum atomic E-state index is -0.746. The first kappa shape index (κ1) is 17.0. The van der Waals surface area contributed by atoms with Gasteiger partial charge in [-0.15, -0.1) is 0 Å². The van der Waals surface area contributed by atoms with Crippen LogP contribution < -0.4 is 0 Å². The van der Waals surface area contributed by atoms with Gasteiger partial charge in [0.15, 0.2) is 0 Å². The van der Waals surface area contributed by atoms with E-state index in [9.17, 15) is 10.2 Å². The van der Waals surface area contributed by atoms with Crippen LogP contribution >= 0.6 is 0 Å². The third-order valence-corrected chi connectivity index (χ3v) is 7.71. The molecule has 1 saturated carbocycles. The Kier molecular flexibility index (Phi) is 3.75. The van der Waals surface area contributed by atoms with Crippen LogP contribution in [0.15, 0.2) is 11.1 Å². The summed E-state index contributed by atoms with van der Waals surface area (Å²) >= 11 is 0. The van der Waals surface area contributed by atoms with Crippen LogP contribution in [0.4, 0.5) is 0 Å². The molecule has 0 aromatic carbocycles. The lowest BCUT2D eigenvalue weighted by atomic mass is 9.59. The van der Waals surface area contributed by atoms with Crippen LogP contribution in [-0.2, 0) is 9.47 Å². The number of rotatable bonds is 3. The molecule has 0 aromatic rings. The Labute approximate surface area is 145 Å². The Morgan fingerprint density at radius 1 is 1.29 bits per heavy atom. The number of allylic oxidation sites excluding steroid dienone is 1. The van der Waals surface area contributed by atoms with Crippen LogP contribution in [0.2, 0.25) is 0 Å². The molecule has 3 fully saturated rings. The number of ether oxygens (including phenoxy) is 2. The fourth-order valence-corrected chi connectivity index (χ4v) is 5.76. The molecule has 24 heavy (non-hydrogen) atoms. The number of hydrogen-bond acceptors (Lipinski definition) is 4. The van der Waals surface area contributed by atoms with E-state index in [1.165, 1.54) is 5.57 Å². The van der Waals surface area contributed by atoms with Crippen molar-refractivity contribution >= 4 is 0 Å². The van der Waals surface area contributed by atoms with Crippen LogP contribution in [0.1, 0.15) is 66.2 Å². The van der Waals surface area contributed by atoms with Gasteiger partial charge in [-0.2, -0.15) is 0 Å². The van der Waals surface area contributed by atoms with Crippen LogP contribution in [0.3, 0.4) is 0 Å². The van der Waals surface area contributed by atoms with E-state index < -0.39 is 17.1 Å². The zero-order valence-electron chi connectivity index (χ0n) is 15.5. The highest BCUT2D eigenvalue weighted by molar-refractivity contribution is 5.34. The van der Waals surface area contributed by atoms with E-state index in [-0.39, 0.29) is 11.7 Å². The minimum absolute atomic E-state index is 0.109. The number of epoxide rings is 1. The average molecular weight is 336 g/mol. The molecule has 0 bridgehead atoms. The summed E-state index contributed by atoms with van der Waals surface area (Å²) in [6.07, 6.45) is 5.11. The summed E-state index contributed by atoms with van der Waals surface area (Å²) in [4.78, 5) is 0. The number of fused-ring (bicyclic) bond motifs is 1. The molecule has 2 aliphatic heterocycles. The van der Waals surface area contributed by atoms with Crippen molar-refractivity contribution in [1.29, 1.82) is 0 Å². The maximum absolute atomic E-state index is 11.2. The van der Waals surface area contributed by atoms with Gasteiger partial charge in [-0.3, -0.25) is 0 Å². The predicted molar refractivity (Wildman–Crippen MR) is 91.6 cm³/mol. The summed E-state index contributed by atoms with van der Waals surface area (Å²) in [7, 11) is 0. The summed E-state index contributed by atoms with van der Waals surface area (Å²) in [5.74, 6) is 0.609. The van der Waals surface area contributed by atoms with Crippen LogP contribution in [-0.4, -0.2) is 46.3 Å². The van der Waals surface area contributed by atoms with Crippen molar-refractivity contribution in [2.45, 2.75) is 95.7 Å². The molecule has 2 saturated heterocycles. The standard InChI is InChI=1S/C20H32O4/c1-5-20(22)9-6-12(2)15(18(20,3)4)16(21)17-19(24-17)8-7-14-13(10-19)11-23-14/h13-14,16-17,21-22H,5-11H2,1-4H3/t13-,14-,16-,17-,19+,20+/m1/s1. The van der Waals surface area contributed by atoms with E-state index in [0.29, 0.717) is 18.4 Å². The summed E-state index contributed by atoms with van der Waals surface area (Å²) in [5.41, 5.74) is 0.941. The molecule has 2 N–H and O–H groups in total. The number of aliphatic hydroxyl groups is 2. The van der Waals surface area contributed by atoms with Gasteiger partial charge >= 0.3 is 0 Å². The number of aliphatic hydroxyl groups excluding tert-OH is 1. The number of hydrogen-bond donors (Lipinski definition) is 2. The molecule has 0 amide bonds. The fourth-order valence-electron chi connectivity index (χ4n) is 5.76. The van der Waals surface area contributed by atoms with E-state index in [4.69, 9.17) is 9.47 Å². The van der Waals surface area contributed by atoms with Gasteiger partial charge in [-0.05, 0) is 51.0 Å². The highest BCUT2D eigenvalue weighted by Gasteiger charge is 2.65. The first-order valence-corrected chi connectivity index (χ1v) is 9.64. The second-order valence-electron chi connectivity index (χ2n) is 9.13. The van der Waals surface area contributed by atoms with Crippen molar-refractivity contribution in [2.24, 2.45) is 11.3 Å². The monoisotopic (exact) mass is 336 g/mol. The van der Waals surface area contributed by atoms with E-state index >= 15 is 0 Å². The Morgan fingerprint density at radius 3 is 2.62 bits per heavy atom. The topological polar surface area (TPSA) is 62.2 Å². The lowest BCUT2D eigenvalue weighted by Crippen LogP contribution is -2.52. The van der Waals surface area contributed by atoms with Gasteiger partial charge in [0.2, 0.25) is 0 Å². The van der Waals surface area contributed by atoms with Gasteiger partial charge in [0.25, 0.3) is 0 Å². The second kappa shape index (κ2) is 5.29. The zero-order chi connectivity index (χ0) is 17.3. The lowest BCUT2D eigenvalue weighted by molar-refractivity contribution is -0.146. The Morgan fingerprint density at radius 2 is 2.04 bits per heavy atom. The molecular weight excluding hydrogens is 304 g/mol. The predicted octanol–water partition coefficient (Wildman–Crippen LogP) is 2.96. The largest absolute Gasteiger partial charge is 0.389 e. The first-order chi connectivity index (χ1) is 11.2. The van der Waals surface area contributed by atoms with Crippen molar-refractivity contribution in [3.8, 4) is 0 Å². The molecule has 0 unspecified atom stereocenters. The zero-order valence-corrected chi connectivity index (χ0v) is 15.5. The van der Waals surface area contributed by atoms with Crippen molar-refractivity contribution < 1.29 is 19.7 Å². The summed E-state index contributed by atoms with van der Waals surface area (Å²) in [6, 6.07) is 0. The molecule has 1 spiro atoms. The summed E-state index contributed by atoms with van der Waals surface area (Å²) in [5, 5.41) is 22.3. The molecule has 6 atom stereocenters. The molecule has 4 aliphatic rings. The lowest BCUT2D eigenvalue weighted by Gasteiger charge is -2.49. The van der Waals surface area contributed by atoms with Crippen LogP contribution in [0, 0.1) is 11.3 Å².